The van der Waals surface area contributed by atoms with Gasteiger partial charge in [0.15, 0.2) is 0 Å². The molecule has 0 heterocycles. The number of aliphatic hydroxyl groups excluding tert-OH is 1. The van der Waals surface area contributed by atoms with E-state index in [1.807, 2.05) is 0 Å². The third kappa shape index (κ3) is 3.53. The zero-order valence-corrected chi connectivity index (χ0v) is 11.0. The Kier molecular flexibility index (Phi) is 4.72. The molecule has 0 aliphatic heterocycles. The molecule has 1 saturated carbocycles. The Balaban J connectivity index is 1.96. The van der Waals surface area contributed by atoms with Crippen molar-refractivity contribution in [1.29, 1.82) is 0 Å². The summed E-state index contributed by atoms with van der Waals surface area (Å²) in [5.41, 5.74) is 0.416. The fourth-order valence-electron chi connectivity index (χ4n) is 2.29. The van der Waals surface area contributed by atoms with Crippen molar-refractivity contribution in [2.24, 2.45) is 0 Å². The van der Waals surface area contributed by atoms with Crippen molar-refractivity contribution in [2.45, 2.75) is 44.8 Å². The Morgan fingerprint density at radius 2 is 2.11 bits per heavy atom. The highest BCUT2D eigenvalue weighted by Crippen LogP contribution is 2.29. The van der Waals surface area contributed by atoms with Crippen LogP contribution in [0.25, 0.3) is 0 Å². The summed E-state index contributed by atoms with van der Waals surface area (Å²) in [7, 11) is 0. The van der Waals surface area contributed by atoms with Crippen LogP contribution in [0.3, 0.4) is 0 Å². The highest BCUT2D eigenvalue weighted by atomic mass is 19.1. The maximum absolute atomic E-state index is 13.6. The summed E-state index contributed by atoms with van der Waals surface area (Å²) < 4.78 is 13.6. The van der Waals surface area contributed by atoms with Gasteiger partial charge in [0.2, 0.25) is 0 Å². The Morgan fingerprint density at radius 1 is 1.39 bits per heavy atom. The summed E-state index contributed by atoms with van der Waals surface area (Å²) in [4.78, 5) is 2.31. The van der Waals surface area contributed by atoms with E-state index in [1.54, 1.807) is 18.2 Å². The maximum Gasteiger partial charge on any atom is 0.129 e. The molecule has 1 aliphatic rings. The molecule has 0 saturated heterocycles. The number of halogens is 1. The first-order chi connectivity index (χ1) is 8.72. The van der Waals surface area contributed by atoms with Gasteiger partial charge in [0.1, 0.15) is 5.82 Å². The fourth-order valence-corrected chi connectivity index (χ4v) is 2.29. The molecule has 1 atom stereocenters. The quantitative estimate of drug-likeness (QED) is 0.805. The first-order valence-electron chi connectivity index (χ1n) is 6.89. The number of aliphatic hydroxyl groups is 1. The van der Waals surface area contributed by atoms with Crippen LogP contribution in [0.5, 0.6) is 0 Å². The van der Waals surface area contributed by atoms with Crippen LogP contribution in [0, 0.1) is 5.82 Å². The summed E-state index contributed by atoms with van der Waals surface area (Å²) in [5, 5.41) is 10.2. The number of benzene rings is 1. The molecule has 0 spiro atoms. The molecule has 0 radical (unpaired) electrons. The van der Waals surface area contributed by atoms with Crippen LogP contribution in [-0.2, 0) is 0 Å². The van der Waals surface area contributed by atoms with E-state index >= 15 is 0 Å². The predicted octanol–water partition coefficient (Wildman–Crippen LogP) is 3.12. The zero-order valence-electron chi connectivity index (χ0n) is 11.0. The molecule has 0 aromatic heterocycles. The Hall–Kier alpha value is -0.930. The van der Waals surface area contributed by atoms with Gasteiger partial charge < -0.3 is 5.11 Å². The van der Waals surface area contributed by atoms with Gasteiger partial charge in [0.05, 0.1) is 6.10 Å². The number of rotatable bonds is 7. The smallest absolute Gasteiger partial charge is 0.129 e. The van der Waals surface area contributed by atoms with Gasteiger partial charge in [0, 0.05) is 18.2 Å². The van der Waals surface area contributed by atoms with E-state index in [9.17, 15) is 9.50 Å². The van der Waals surface area contributed by atoms with Crippen LogP contribution < -0.4 is 0 Å². The zero-order chi connectivity index (χ0) is 13.0. The van der Waals surface area contributed by atoms with Gasteiger partial charge in [0.25, 0.3) is 0 Å². The highest BCUT2D eigenvalue weighted by molar-refractivity contribution is 5.20. The van der Waals surface area contributed by atoms with Gasteiger partial charge in [-0.05, 0) is 31.9 Å². The molecule has 2 rings (SSSR count). The van der Waals surface area contributed by atoms with Crippen LogP contribution >= 0.6 is 0 Å². The molecule has 0 bridgehead atoms. The second-order valence-electron chi connectivity index (χ2n) is 5.12. The van der Waals surface area contributed by atoms with Crippen molar-refractivity contribution >= 4 is 0 Å². The topological polar surface area (TPSA) is 23.5 Å². The van der Waals surface area contributed by atoms with Crippen LogP contribution in [0.1, 0.15) is 44.3 Å². The summed E-state index contributed by atoms with van der Waals surface area (Å²) in [6.07, 6.45) is 4.00. The molecule has 1 N–H and O–H groups in total. The second-order valence-corrected chi connectivity index (χ2v) is 5.12. The third-order valence-electron chi connectivity index (χ3n) is 3.53. The van der Waals surface area contributed by atoms with E-state index in [0.29, 0.717) is 18.2 Å². The van der Waals surface area contributed by atoms with Gasteiger partial charge in [-0.2, -0.15) is 0 Å². The number of hydrogen-bond acceptors (Lipinski definition) is 2. The number of nitrogens with zero attached hydrogens (tertiary/aromatic N) is 1. The molecule has 1 unspecified atom stereocenters. The summed E-state index contributed by atoms with van der Waals surface area (Å²) in [6, 6.07) is 7.12. The summed E-state index contributed by atoms with van der Waals surface area (Å²) in [5.74, 6) is -0.309. The summed E-state index contributed by atoms with van der Waals surface area (Å²) in [6.45, 7) is 3.72. The lowest BCUT2D eigenvalue weighted by Gasteiger charge is -2.25. The Labute approximate surface area is 108 Å². The largest absolute Gasteiger partial charge is 0.387 e. The average Bonchev–Trinajstić information content (AvgIpc) is 3.19. The Morgan fingerprint density at radius 3 is 2.72 bits per heavy atom. The average molecular weight is 251 g/mol. The fraction of sp³-hybridized carbons (Fsp3) is 0.600. The molecule has 1 aromatic rings. The predicted molar refractivity (Wildman–Crippen MR) is 70.9 cm³/mol. The highest BCUT2D eigenvalue weighted by Gasteiger charge is 2.30. The van der Waals surface area contributed by atoms with Gasteiger partial charge in [-0.25, -0.2) is 4.39 Å². The van der Waals surface area contributed by atoms with E-state index in [-0.39, 0.29) is 5.82 Å². The van der Waals surface area contributed by atoms with Crippen LogP contribution in [0.15, 0.2) is 24.3 Å². The molecular weight excluding hydrogens is 229 g/mol. The van der Waals surface area contributed by atoms with Crippen molar-refractivity contribution in [3.05, 3.63) is 35.6 Å². The van der Waals surface area contributed by atoms with Crippen LogP contribution in [0.4, 0.5) is 4.39 Å². The Bertz CT molecular complexity index is 379. The van der Waals surface area contributed by atoms with Gasteiger partial charge in [-0.3, -0.25) is 4.90 Å². The maximum atomic E-state index is 13.6. The van der Waals surface area contributed by atoms with Crippen molar-refractivity contribution in [3.63, 3.8) is 0 Å². The molecule has 0 amide bonds. The van der Waals surface area contributed by atoms with E-state index < -0.39 is 6.10 Å². The van der Waals surface area contributed by atoms with E-state index in [2.05, 4.69) is 11.8 Å². The van der Waals surface area contributed by atoms with Crippen LogP contribution in [0.2, 0.25) is 0 Å². The number of hydrogen-bond donors (Lipinski definition) is 1. The molecule has 1 aromatic carbocycles. The minimum atomic E-state index is -0.719. The molecule has 1 fully saturated rings. The van der Waals surface area contributed by atoms with Crippen molar-refractivity contribution in [3.8, 4) is 0 Å². The normalized spacial score (nSPS) is 17.1. The lowest BCUT2D eigenvalue weighted by molar-refractivity contribution is 0.105. The first kappa shape index (κ1) is 13.5. The minimum Gasteiger partial charge on any atom is -0.387 e. The standard InChI is InChI=1S/C15H22FNO/c1-2-3-10-17(12-8-9-12)11-15(18)13-6-4-5-7-14(13)16/h4-7,12,15,18H,2-3,8-11H2,1H3. The van der Waals surface area contributed by atoms with Crippen molar-refractivity contribution in [1.82, 2.24) is 4.90 Å². The summed E-state index contributed by atoms with van der Waals surface area (Å²) >= 11 is 0. The molecule has 1 aliphatic carbocycles. The van der Waals surface area contributed by atoms with Gasteiger partial charge >= 0.3 is 0 Å². The SMILES string of the molecule is CCCCN(CC(O)c1ccccc1F)C1CC1. The van der Waals surface area contributed by atoms with Crippen LogP contribution in [-0.4, -0.2) is 29.1 Å². The molecular formula is C15H22FNO. The third-order valence-corrected chi connectivity index (χ3v) is 3.53. The first-order valence-corrected chi connectivity index (χ1v) is 6.89. The lowest BCUT2D eigenvalue weighted by Crippen LogP contribution is -2.32. The van der Waals surface area contributed by atoms with E-state index in [4.69, 9.17) is 0 Å². The van der Waals surface area contributed by atoms with Crippen molar-refractivity contribution < 1.29 is 9.50 Å². The monoisotopic (exact) mass is 251 g/mol. The van der Waals surface area contributed by atoms with Gasteiger partial charge in [-0.1, -0.05) is 31.5 Å². The molecule has 100 valence electrons. The van der Waals surface area contributed by atoms with E-state index in [0.717, 1.165) is 19.4 Å². The molecule has 18 heavy (non-hydrogen) atoms. The molecule has 2 nitrogen and oxygen atoms in total. The minimum absolute atomic E-state index is 0.309. The van der Waals surface area contributed by atoms with Gasteiger partial charge in [-0.15, -0.1) is 0 Å². The van der Waals surface area contributed by atoms with Crippen molar-refractivity contribution in [2.75, 3.05) is 13.1 Å². The second kappa shape index (κ2) is 6.30. The number of unbranched alkanes of at least 4 members (excludes halogenated alkanes) is 1. The van der Waals surface area contributed by atoms with E-state index in [1.165, 1.54) is 18.9 Å². The lowest BCUT2D eigenvalue weighted by atomic mass is 10.1. The molecule has 3 heteroatoms.